The molecule has 7 heavy (non-hydrogen) atoms. The van der Waals surface area contributed by atoms with Crippen molar-refractivity contribution in [1.82, 2.24) is 0 Å². The molecular weight excluding hydrogens is 106 g/mol. The largest absolute Gasteiger partial charge is 0.549 e. The van der Waals surface area contributed by atoms with E-state index in [0.29, 0.717) is 0 Å². The summed E-state index contributed by atoms with van der Waals surface area (Å²) < 4.78 is 0. The van der Waals surface area contributed by atoms with E-state index >= 15 is 0 Å². The zero-order valence-electron chi connectivity index (χ0n) is 3.03. The molecule has 0 fully saturated rings. The highest BCUT2D eigenvalue weighted by Crippen LogP contribution is 1.76. The Morgan fingerprint density at radius 2 is 2.29 bits per heavy atom. The van der Waals surface area contributed by atoms with E-state index in [1.54, 1.807) is 5.34 Å². The number of rotatable bonds is 2. The molecule has 0 heterocycles. The normalized spacial score (nSPS) is 6.86. The molecule has 0 aromatic heterocycles. The van der Waals surface area contributed by atoms with Crippen LogP contribution in [0.4, 0.5) is 4.79 Å². The van der Waals surface area contributed by atoms with E-state index in [0.717, 1.165) is 0 Å². The fraction of sp³-hybridized carbons (Fsp3) is 0. The molecule has 0 rings (SSSR count). The van der Waals surface area contributed by atoms with Crippen molar-refractivity contribution < 1.29 is 19.8 Å². The maximum atomic E-state index is 9.21. The van der Waals surface area contributed by atoms with Crippen molar-refractivity contribution in [2.24, 2.45) is 5.34 Å². The van der Waals surface area contributed by atoms with Crippen LogP contribution in [0, 0.1) is 4.91 Å². The average Bonchev–Trinajstić information content (AvgIpc) is 1.61. The summed E-state index contributed by atoms with van der Waals surface area (Å²) in [5, 5.41) is 9.12. The van der Waals surface area contributed by atoms with Crippen LogP contribution in [0.25, 0.3) is 0 Å². The number of carbonyl (C=O) groups is 1. The second-order valence-electron chi connectivity index (χ2n) is 0.498. The van der Waals surface area contributed by atoms with Crippen molar-refractivity contribution in [3.63, 3.8) is 0 Å². The van der Waals surface area contributed by atoms with Gasteiger partial charge in [-0.3, -0.25) is 0 Å². The zero-order valence-corrected chi connectivity index (χ0v) is 3.03. The van der Waals surface area contributed by atoms with Gasteiger partial charge in [-0.15, -0.1) is 9.90 Å². The van der Waals surface area contributed by atoms with Gasteiger partial charge in [-0.2, -0.15) is 4.89 Å². The molecule has 6 heteroatoms. The number of nitrogens with zero attached hydrogens (tertiary/aromatic N) is 1. The molecule has 0 atom stereocenters. The van der Waals surface area contributed by atoms with Gasteiger partial charge in [-0.1, -0.05) is 0 Å². The Kier molecular flexibility index (Phi) is 2.34. The zero-order chi connectivity index (χ0) is 5.70. The van der Waals surface area contributed by atoms with E-state index in [-0.39, 0.29) is 0 Å². The molecule has 0 radical (unpaired) electrons. The summed E-state index contributed by atoms with van der Waals surface area (Å²) in [6, 6.07) is 0. The first-order valence-electron chi connectivity index (χ1n) is 1.16. The van der Waals surface area contributed by atoms with Crippen molar-refractivity contribution in [2.75, 3.05) is 0 Å². The highest BCUT2D eigenvalue weighted by atomic mass is 17.3. The fourth-order valence-corrected chi connectivity index (χ4v) is 0.0471. The highest BCUT2D eigenvalue weighted by molar-refractivity contribution is 5.55. The van der Waals surface area contributed by atoms with Crippen molar-refractivity contribution in [3.05, 3.63) is 4.91 Å². The van der Waals surface area contributed by atoms with Crippen LogP contribution < -0.4 is 0 Å². The van der Waals surface area contributed by atoms with Crippen LogP contribution in [0.1, 0.15) is 0 Å². The summed E-state index contributed by atoms with van der Waals surface area (Å²) in [7, 11) is 0. The van der Waals surface area contributed by atoms with Gasteiger partial charge in [0.05, 0.1) is 0 Å². The summed E-state index contributed by atoms with van der Waals surface area (Å²) in [5.74, 6) is 0. The third-order valence-corrected chi connectivity index (χ3v) is 0.139. The predicted octanol–water partition coefficient (Wildman–Crippen LogP) is 0.294. The summed E-state index contributed by atoms with van der Waals surface area (Å²) in [6.45, 7) is 0. The molecule has 0 saturated heterocycles. The van der Waals surface area contributed by atoms with E-state index < -0.39 is 6.16 Å². The van der Waals surface area contributed by atoms with E-state index in [1.165, 1.54) is 0 Å². The molecule has 40 valence electrons. The van der Waals surface area contributed by atoms with Crippen molar-refractivity contribution in [3.8, 4) is 0 Å². The lowest BCUT2D eigenvalue weighted by atomic mass is 11.4. The van der Waals surface area contributed by atoms with Gasteiger partial charge in [0.15, 0.2) is 0 Å². The van der Waals surface area contributed by atoms with Gasteiger partial charge in [0.1, 0.15) is 0 Å². The average molecular weight is 107 g/mol. The number of hydrogen-bond acceptors (Lipinski definition) is 5. The monoisotopic (exact) mass is 107 g/mol. The van der Waals surface area contributed by atoms with Crippen LogP contribution in [0.5, 0.6) is 0 Å². The first-order chi connectivity index (χ1) is 3.27. The first kappa shape index (κ1) is 5.67. The van der Waals surface area contributed by atoms with E-state index in [4.69, 9.17) is 10.0 Å². The molecule has 0 aromatic rings. The molecule has 0 aromatic carbocycles. The molecule has 0 aliphatic carbocycles. The molecule has 0 amide bonds. The Hall–Kier alpha value is -1.33. The molecule has 0 bridgehead atoms. The SMILES string of the molecule is O=NOOC(=O)O. The minimum absolute atomic E-state index is 1.62. The van der Waals surface area contributed by atoms with Crippen molar-refractivity contribution in [1.29, 1.82) is 0 Å². The van der Waals surface area contributed by atoms with Crippen molar-refractivity contribution >= 4 is 6.16 Å². The maximum Gasteiger partial charge on any atom is 0.549 e. The summed E-state index contributed by atoms with van der Waals surface area (Å²) in [6.07, 6.45) is -1.71. The molecule has 0 aliphatic heterocycles. The first-order valence-corrected chi connectivity index (χ1v) is 1.16. The van der Waals surface area contributed by atoms with Gasteiger partial charge in [-0.25, -0.2) is 4.79 Å². The van der Waals surface area contributed by atoms with Gasteiger partial charge in [0.25, 0.3) is 0 Å². The van der Waals surface area contributed by atoms with E-state index in [9.17, 15) is 4.79 Å². The lowest BCUT2D eigenvalue weighted by Crippen LogP contribution is -1.95. The number of carboxylic acid groups (broad SMARTS) is 1. The van der Waals surface area contributed by atoms with Crippen LogP contribution in [0.2, 0.25) is 0 Å². The van der Waals surface area contributed by atoms with Gasteiger partial charge in [-0.05, 0) is 0 Å². The Morgan fingerprint density at radius 3 is 2.43 bits per heavy atom. The molecular formula is CHNO5. The smallest absolute Gasteiger partial charge is 0.447 e. The topological polar surface area (TPSA) is 85.2 Å². The van der Waals surface area contributed by atoms with Crippen LogP contribution in [-0.2, 0) is 9.88 Å². The van der Waals surface area contributed by atoms with Crippen LogP contribution >= 0.6 is 0 Å². The Morgan fingerprint density at radius 1 is 1.71 bits per heavy atom. The third-order valence-electron chi connectivity index (χ3n) is 0.139. The van der Waals surface area contributed by atoms with Crippen LogP contribution in [0.3, 0.4) is 0 Å². The lowest BCUT2D eigenvalue weighted by Gasteiger charge is -1.82. The van der Waals surface area contributed by atoms with Gasteiger partial charge in [0, 0.05) is 0 Å². The Bertz CT molecular complexity index is 78.1. The number of hydrogen-bond donors (Lipinski definition) is 1. The second kappa shape index (κ2) is 2.88. The Balaban J connectivity index is 2.97. The molecule has 6 nitrogen and oxygen atoms in total. The summed E-state index contributed by atoms with van der Waals surface area (Å²) in [5.41, 5.74) is 0. The van der Waals surface area contributed by atoms with E-state index in [2.05, 4.69) is 9.88 Å². The minimum atomic E-state index is -1.71. The molecule has 0 aliphatic rings. The fourth-order valence-electron chi connectivity index (χ4n) is 0.0471. The lowest BCUT2D eigenvalue weighted by molar-refractivity contribution is -0.253. The van der Waals surface area contributed by atoms with Crippen LogP contribution in [0.15, 0.2) is 5.34 Å². The third kappa shape index (κ3) is 4.67. The molecule has 0 saturated carbocycles. The highest BCUT2D eigenvalue weighted by Gasteiger charge is 1.93. The predicted molar refractivity (Wildman–Crippen MR) is 16.0 cm³/mol. The van der Waals surface area contributed by atoms with Crippen molar-refractivity contribution in [2.45, 2.75) is 0 Å². The molecule has 0 unspecified atom stereocenters. The Labute approximate surface area is 37.5 Å². The quantitative estimate of drug-likeness (QED) is 0.311. The van der Waals surface area contributed by atoms with Gasteiger partial charge >= 0.3 is 6.16 Å². The van der Waals surface area contributed by atoms with Gasteiger partial charge < -0.3 is 5.11 Å². The standard InChI is InChI=1S/CHNO5/c3-1(4)6-7-2-5/h(H,3,4). The minimum Gasteiger partial charge on any atom is -0.447 e. The molecule has 0 spiro atoms. The van der Waals surface area contributed by atoms with Crippen LogP contribution in [-0.4, -0.2) is 11.3 Å². The van der Waals surface area contributed by atoms with Gasteiger partial charge in [0.2, 0.25) is 5.34 Å². The second-order valence-corrected chi connectivity index (χ2v) is 0.498. The maximum absolute atomic E-state index is 9.21. The van der Waals surface area contributed by atoms with E-state index in [1.807, 2.05) is 0 Å². The summed E-state index contributed by atoms with van der Waals surface area (Å²) in [4.78, 5) is 24.3. The molecule has 1 N–H and O–H groups in total. The summed E-state index contributed by atoms with van der Waals surface area (Å²) >= 11 is 0.